The van der Waals surface area contributed by atoms with Gasteiger partial charge in [0.1, 0.15) is 6.61 Å². The normalized spacial score (nSPS) is 14.4. The Bertz CT molecular complexity index is 1010. The molecule has 0 heterocycles. The van der Waals surface area contributed by atoms with Gasteiger partial charge in [-0.3, -0.25) is 9.59 Å². The van der Waals surface area contributed by atoms with E-state index in [1.807, 2.05) is 52.0 Å². The van der Waals surface area contributed by atoms with E-state index >= 15 is 0 Å². The van der Waals surface area contributed by atoms with Crippen LogP contribution in [0.5, 0.6) is 0 Å². The molecule has 2 atom stereocenters. The van der Waals surface area contributed by atoms with E-state index in [2.05, 4.69) is 34.9 Å². The Kier molecular flexibility index (Phi) is 8.54. The first-order chi connectivity index (χ1) is 16.6. The fraction of sp³-hybridized carbons (Fsp3) is 0.464. The summed E-state index contributed by atoms with van der Waals surface area (Å²) in [6, 6.07) is 15.4. The molecule has 2 aromatic carbocycles. The molecule has 0 fully saturated rings. The van der Waals surface area contributed by atoms with Gasteiger partial charge in [0.05, 0.1) is 6.42 Å². The van der Waals surface area contributed by atoms with Crippen LogP contribution in [-0.4, -0.2) is 41.8 Å². The maximum atomic E-state index is 12.6. The third-order valence-corrected chi connectivity index (χ3v) is 6.24. The molecule has 0 saturated carbocycles. The summed E-state index contributed by atoms with van der Waals surface area (Å²) in [5, 5.41) is 14.8. The van der Waals surface area contributed by atoms with E-state index in [9.17, 15) is 19.5 Å². The number of ether oxygens (including phenoxy) is 1. The quantitative estimate of drug-likeness (QED) is 0.439. The number of carboxylic acids is 1. The van der Waals surface area contributed by atoms with Crippen LogP contribution in [0, 0.1) is 5.41 Å². The molecule has 35 heavy (non-hydrogen) atoms. The number of nitrogens with one attached hydrogen (secondary N) is 2. The van der Waals surface area contributed by atoms with E-state index in [4.69, 9.17) is 4.74 Å². The summed E-state index contributed by atoms with van der Waals surface area (Å²) < 4.78 is 5.59. The molecular formula is C28H36N2O5. The highest BCUT2D eigenvalue weighted by atomic mass is 16.5. The number of carbonyl (C=O) groups excluding carboxylic acids is 2. The van der Waals surface area contributed by atoms with Gasteiger partial charge in [0.2, 0.25) is 5.91 Å². The number of fused-ring (bicyclic) bond motifs is 3. The first-order valence-electron chi connectivity index (χ1n) is 12.2. The minimum atomic E-state index is -0.955. The molecule has 3 N–H and O–H groups in total. The van der Waals surface area contributed by atoms with Gasteiger partial charge in [-0.25, -0.2) is 4.79 Å². The van der Waals surface area contributed by atoms with Crippen molar-refractivity contribution >= 4 is 18.0 Å². The van der Waals surface area contributed by atoms with E-state index in [1.54, 1.807) is 0 Å². The molecule has 1 aliphatic rings. The van der Waals surface area contributed by atoms with Crippen molar-refractivity contribution in [3.05, 3.63) is 59.7 Å². The summed E-state index contributed by atoms with van der Waals surface area (Å²) >= 11 is 0. The van der Waals surface area contributed by atoms with Crippen LogP contribution in [0.4, 0.5) is 4.79 Å². The Morgan fingerprint density at radius 3 is 2.00 bits per heavy atom. The van der Waals surface area contributed by atoms with E-state index in [0.29, 0.717) is 12.8 Å². The van der Waals surface area contributed by atoms with Gasteiger partial charge in [0.15, 0.2) is 0 Å². The summed E-state index contributed by atoms with van der Waals surface area (Å²) in [7, 11) is 0. The summed E-state index contributed by atoms with van der Waals surface area (Å²) in [4.78, 5) is 36.4. The molecule has 1 unspecified atom stereocenters. The van der Waals surface area contributed by atoms with Gasteiger partial charge in [-0.15, -0.1) is 0 Å². The number of hydrogen-bond donors (Lipinski definition) is 3. The van der Waals surface area contributed by atoms with Crippen LogP contribution in [-0.2, 0) is 14.3 Å². The average molecular weight is 481 g/mol. The van der Waals surface area contributed by atoms with Crippen LogP contribution >= 0.6 is 0 Å². The predicted molar refractivity (Wildman–Crippen MR) is 135 cm³/mol. The van der Waals surface area contributed by atoms with Crippen LogP contribution in [0.3, 0.4) is 0 Å². The minimum absolute atomic E-state index is 0.0364. The molecule has 7 nitrogen and oxygen atoms in total. The van der Waals surface area contributed by atoms with Crippen molar-refractivity contribution < 1.29 is 24.2 Å². The smallest absolute Gasteiger partial charge is 0.407 e. The lowest BCUT2D eigenvalue weighted by Gasteiger charge is -2.26. The number of rotatable bonds is 10. The number of amides is 2. The van der Waals surface area contributed by atoms with Crippen molar-refractivity contribution in [1.82, 2.24) is 10.6 Å². The fourth-order valence-electron chi connectivity index (χ4n) is 4.74. The SMILES string of the molecule is CC[C@@H](CC(=O)NC(CC(=O)O)CC(C)(C)C)NC(=O)OCC1c2ccccc2-c2ccccc21. The monoisotopic (exact) mass is 480 g/mol. The second-order valence-corrected chi connectivity index (χ2v) is 10.4. The van der Waals surface area contributed by atoms with Gasteiger partial charge in [-0.1, -0.05) is 76.2 Å². The lowest BCUT2D eigenvalue weighted by molar-refractivity contribution is -0.137. The highest BCUT2D eigenvalue weighted by Gasteiger charge is 2.29. The van der Waals surface area contributed by atoms with Crippen molar-refractivity contribution in [1.29, 1.82) is 0 Å². The van der Waals surface area contributed by atoms with Crippen LogP contribution < -0.4 is 10.6 Å². The van der Waals surface area contributed by atoms with Gasteiger partial charge >= 0.3 is 12.1 Å². The molecule has 0 bridgehead atoms. The van der Waals surface area contributed by atoms with Crippen molar-refractivity contribution in [2.24, 2.45) is 5.41 Å². The summed E-state index contributed by atoms with van der Waals surface area (Å²) in [5.41, 5.74) is 4.46. The molecule has 1 aliphatic carbocycles. The van der Waals surface area contributed by atoms with Gasteiger partial charge in [-0.2, -0.15) is 0 Å². The van der Waals surface area contributed by atoms with E-state index < -0.39 is 24.1 Å². The lowest BCUT2D eigenvalue weighted by Crippen LogP contribution is -2.43. The molecule has 3 rings (SSSR count). The Hall–Kier alpha value is -3.35. The number of carbonyl (C=O) groups is 3. The first-order valence-corrected chi connectivity index (χ1v) is 12.2. The largest absolute Gasteiger partial charge is 0.481 e. The van der Waals surface area contributed by atoms with Gasteiger partial charge < -0.3 is 20.5 Å². The van der Waals surface area contributed by atoms with Crippen LogP contribution in [0.2, 0.25) is 0 Å². The third kappa shape index (κ3) is 7.31. The molecule has 0 radical (unpaired) electrons. The summed E-state index contributed by atoms with van der Waals surface area (Å²) in [6.45, 7) is 8.09. The lowest BCUT2D eigenvalue weighted by atomic mass is 9.87. The van der Waals surface area contributed by atoms with Gasteiger partial charge in [-0.05, 0) is 40.5 Å². The highest BCUT2D eigenvalue weighted by Crippen LogP contribution is 2.44. The Morgan fingerprint density at radius 1 is 0.914 bits per heavy atom. The van der Waals surface area contributed by atoms with Gasteiger partial charge in [0.25, 0.3) is 0 Å². The predicted octanol–water partition coefficient (Wildman–Crippen LogP) is 5.09. The minimum Gasteiger partial charge on any atom is -0.481 e. The second-order valence-electron chi connectivity index (χ2n) is 10.4. The molecule has 2 amide bonds. The topological polar surface area (TPSA) is 105 Å². The summed E-state index contributed by atoms with van der Waals surface area (Å²) in [5.74, 6) is -1.28. The standard InChI is InChI=1S/C28H36N2O5/c1-5-18(14-25(31)29-19(15-26(32)33)16-28(2,3)4)30-27(34)35-17-24-22-12-8-6-10-20(22)21-11-7-9-13-23(21)24/h6-13,18-19,24H,5,14-17H2,1-4H3,(H,29,31)(H,30,34)(H,32,33)/t18-,19?/m0/s1. The number of carboxylic acid groups (broad SMARTS) is 1. The zero-order valence-corrected chi connectivity index (χ0v) is 21.0. The third-order valence-electron chi connectivity index (χ3n) is 6.24. The molecule has 2 aromatic rings. The maximum Gasteiger partial charge on any atom is 0.407 e. The molecule has 0 aromatic heterocycles. The fourth-order valence-corrected chi connectivity index (χ4v) is 4.74. The highest BCUT2D eigenvalue weighted by molar-refractivity contribution is 5.80. The molecule has 0 saturated heterocycles. The molecule has 0 spiro atoms. The second kappa shape index (κ2) is 11.4. The van der Waals surface area contributed by atoms with Crippen molar-refractivity contribution in [3.8, 4) is 11.1 Å². The summed E-state index contributed by atoms with van der Waals surface area (Å²) in [6.07, 6.45) is 0.436. The van der Waals surface area contributed by atoms with Crippen molar-refractivity contribution in [2.45, 2.75) is 71.4 Å². The van der Waals surface area contributed by atoms with Crippen LogP contribution in [0.15, 0.2) is 48.5 Å². The van der Waals surface area contributed by atoms with Crippen molar-refractivity contribution in [2.75, 3.05) is 6.61 Å². The van der Waals surface area contributed by atoms with E-state index in [-0.39, 0.29) is 36.7 Å². The Balaban J connectivity index is 1.55. The molecule has 188 valence electrons. The zero-order chi connectivity index (χ0) is 25.6. The molecule has 0 aliphatic heterocycles. The number of alkyl carbamates (subject to hydrolysis) is 1. The maximum absolute atomic E-state index is 12.6. The number of benzene rings is 2. The van der Waals surface area contributed by atoms with Crippen LogP contribution in [0.1, 0.15) is 70.4 Å². The zero-order valence-electron chi connectivity index (χ0n) is 21.0. The van der Waals surface area contributed by atoms with Crippen molar-refractivity contribution in [3.63, 3.8) is 0 Å². The Labute approximate surface area is 207 Å². The molecular weight excluding hydrogens is 444 g/mol. The average Bonchev–Trinajstić information content (AvgIpc) is 3.09. The van der Waals surface area contributed by atoms with Crippen LogP contribution in [0.25, 0.3) is 11.1 Å². The number of aliphatic carboxylic acids is 1. The Morgan fingerprint density at radius 2 is 1.49 bits per heavy atom. The van der Waals surface area contributed by atoms with E-state index in [1.165, 1.54) is 0 Å². The number of hydrogen-bond acceptors (Lipinski definition) is 4. The molecule has 7 heteroatoms. The van der Waals surface area contributed by atoms with E-state index in [0.717, 1.165) is 22.3 Å². The van der Waals surface area contributed by atoms with Gasteiger partial charge in [0, 0.05) is 24.4 Å². The first kappa shape index (κ1) is 26.3.